The van der Waals surface area contributed by atoms with Crippen LogP contribution in [0.4, 0.5) is 4.39 Å². The molecule has 0 saturated carbocycles. The van der Waals surface area contributed by atoms with E-state index in [2.05, 4.69) is 6.58 Å². The van der Waals surface area contributed by atoms with Crippen molar-refractivity contribution in [1.82, 2.24) is 5.32 Å². The van der Waals surface area contributed by atoms with Crippen molar-refractivity contribution in [3.05, 3.63) is 12.4 Å². The molecule has 0 spiro atoms. The van der Waals surface area contributed by atoms with Crippen LogP contribution in [0.25, 0.3) is 0 Å². The SMILES string of the molecule is C=C(F)C(=O)N[C@@H](CC(C)C)C(=O)O. The van der Waals surface area contributed by atoms with E-state index >= 15 is 0 Å². The van der Waals surface area contributed by atoms with E-state index < -0.39 is 23.7 Å². The summed E-state index contributed by atoms with van der Waals surface area (Å²) in [5.74, 6) is -3.32. The van der Waals surface area contributed by atoms with Gasteiger partial charge in [-0.05, 0) is 12.3 Å². The molecule has 0 rings (SSSR count). The Kier molecular flexibility index (Phi) is 4.83. The lowest BCUT2D eigenvalue weighted by atomic mass is 10.0. The Hall–Kier alpha value is -1.39. The summed E-state index contributed by atoms with van der Waals surface area (Å²) in [5.41, 5.74) is 0. The maximum Gasteiger partial charge on any atom is 0.326 e. The van der Waals surface area contributed by atoms with Gasteiger partial charge in [0.25, 0.3) is 5.91 Å². The van der Waals surface area contributed by atoms with Gasteiger partial charge in [-0.25, -0.2) is 9.18 Å². The molecule has 5 heteroatoms. The molecular formula is C9H14FNO3. The van der Waals surface area contributed by atoms with E-state index in [1.165, 1.54) is 0 Å². The topological polar surface area (TPSA) is 66.4 Å². The Morgan fingerprint density at radius 2 is 2.00 bits per heavy atom. The van der Waals surface area contributed by atoms with Crippen molar-refractivity contribution in [2.45, 2.75) is 26.3 Å². The van der Waals surface area contributed by atoms with Gasteiger partial charge in [0.2, 0.25) is 0 Å². The minimum absolute atomic E-state index is 0.101. The Morgan fingerprint density at radius 3 is 2.29 bits per heavy atom. The summed E-state index contributed by atoms with van der Waals surface area (Å²) >= 11 is 0. The Labute approximate surface area is 81.8 Å². The summed E-state index contributed by atoms with van der Waals surface area (Å²) in [7, 11) is 0. The van der Waals surface area contributed by atoms with Crippen LogP contribution in [-0.2, 0) is 9.59 Å². The normalized spacial score (nSPS) is 12.3. The Bertz CT molecular complexity index is 250. The zero-order chi connectivity index (χ0) is 11.3. The lowest BCUT2D eigenvalue weighted by Gasteiger charge is -2.15. The molecule has 2 N–H and O–H groups in total. The first-order valence-electron chi connectivity index (χ1n) is 4.22. The van der Waals surface area contributed by atoms with Crippen LogP contribution >= 0.6 is 0 Å². The molecule has 0 aliphatic rings. The predicted octanol–water partition coefficient (Wildman–Crippen LogP) is 1.09. The van der Waals surface area contributed by atoms with Gasteiger partial charge in [-0.15, -0.1) is 0 Å². The van der Waals surface area contributed by atoms with Crippen LogP contribution in [0.2, 0.25) is 0 Å². The number of carbonyl (C=O) groups is 2. The molecule has 14 heavy (non-hydrogen) atoms. The molecule has 0 aromatic carbocycles. The zero-order valence-corrected chi connectivity index (χ0v) is 8.21. The number of aliphatic carboxylic acids is 1. The number of hydrogen-bond acceptors (Lipinski definition) is 2. The van der Waals surface area contributed by atoms with Crippen LogP contribution in [0.1, 0.15) is 20.3 Å². The first kappa shape index (κ1) is 12.6. The summed E-state index contributed by atoms with van der Waals surface area (Å²) in [5, 5.41) is 10.7. The van der Waals surface area contributed by atoms with Crippen LogP contribution in [0, 0.1) is 5.92 Å². The highest BCUT2D eigenvalue weighted by Crippen LogP contribution is 2.05. The fourth-order valence-corrected chi connectivity index (χ4v) is 0.929. The molecule has 0 aliphatic carbocycles. The molecule has 0 bridgehead atoms. The second-order valence-corrected chi connectivity index (χ2v) is 3.40. The van der Waals surface area contributed by atoms with Gasteiger partial charge in [-0.2, -0.15) is 0 Å². The average molecular weight is 203 g/mol. The highest BCUT2D eigenvalue weighted by molar-refractivity contribution is 5.93. The predicted molar refractivity (Wildman–Crippen MR) is 49.3 cm³/mol. The molecule has 0 saturated heterocycles. The smallest absolute Gasteiger partial charge is 0.326 e. The van der Waals surface area contributed by atoms with Crippen LogP contribution in [0.3, 0.4) is 0 Å². The van der Waals surface area contributed by atoms with Crippen molar-refractivity contribution in [1.29, 1.82) is 0 Å². The molecule has 1 atom stereocenters. The molecular weight excluding hydrogens is 189 g/mol. The summed E-state index contributed by atoms with van der Waals surface area (Å²) in [6.07, 6.45) is 0.258. The van der Waals surface area contributed by atoms with Gasteiger partial charge in [-0.1, -0.05) is 20.4 Å². The summed E-state index contributed by atoms with van der Waals surface area (Å²) in [4.78, 5) is 21.4. The number of carboxylic acid groups (broad SMARTS) is 1. The van der Waals surface area contributed by atoms with Crippen molar-refractivity contribution < 1.29 is 19.1 Å². The van der Waals surface area contributed by atoms with E-state index in [1.807, 2.05) is 19.2 Å². The summed E-state index contributed by atoms with van der Waals surface area (Å²) in [6, 6.07) is -1.06. The molecule has 4 nitrogen and oxygen atoms in total. The molecule has 0 radical (unpaired) electrons. The van der Waals surface area contributed by atoms with Crippen LogP contribution in [-0.4, -0.2) is 23.0 Å². The van der Waals surface area contributed by atoms with Gasteiger partial charge in [-0.3, -0.25) is 4.79 Å². The maximum atomic E-state index is 12.3. The quantitative estimate of drug-likeness (QED) is 0.657. The maximum absolute atomic E-state index is 12.3. The van der Waals surface area contributed by atoms with E-state index in [4.69, 9.17) is 5.11 Å². The molecule has 0 fully saturated rings. The minimum Gasteiger partial charge on any atom is -0.480 e. The van der Waals surface area contributed by atoms with Crippen molar-refractivity contribution in [3.8, 4) is 0 Å². The fraction of sp³-hybridized carbons (Fsp3) is 0.556. The van der Waals surface area contributed by atoms with Crippen molar-refractivity contribution >= 4 is 11.9 Å². The van der Waals surface area contributed by atoms with Crippen LogP contribution < -0.4 is 5.32 Å². The molecule has 0 unspecified atom stereocenters. The largest absolute Gasteiger partial charge is 0.480 e. The lowest BCUT2D eigenvalue weighted by molar-refractivity contribution is -0.141. The van der Waals surface area contributed by atoms with E-state index in [0.717, 1.165) is 0 Å². The third-order valence-electron chi connectivity index (χ3n) is 1.56. The fourth-order valence-electron chi connectivity index (χ4n) is 0.929. The Morgan fingerprint density at radius 1 is 1.50 bits per heavy atom. The highest BCUT2D eigenvalue weighted by Gasteiger charge is 2.21. The van der Waals surface area contributed by atoms with Crippen molar-refractivity contribution in [2.24, 2.45) is 5.92 Å². The van der Waals surface area contributed by atoms with E-state index in [0.29, 0.717) is 0 Å². The standard InChI is InChI=1S/C9H14FNO3/c1-5(2)4-7(9(13)14)11-8(12)6(3)10/h5,7H,3-4H2,1-2H3,(H,11,12)(H,13,14)/t7-/m0/s1. The van der Waals surface area contributed by atoms with E-state index in [9.17, 15) is 14.0 Å². The van der Waals surface area contributed by atoms with Crippen molar-refractivity contribution in [3.63, 3.8) is 0 Å². The monoisotopic (exact) mass is 203 g/mol. The second-order valence-electron chi connectivity index (χ2n) is 3.40. The molecule has 0 aromatic rings. The third kappa shape index (κ3) is 4.59. The van der Waals surface area contributed by atoms with E-state index in [1.54, 1.807) is 0 Å². The van der Waals surface area contributed by atoms with Gasteiger partial charge >= 0.3 is 5.97 Å². The first-order valence-corrected chi connectivity index (χ1v) is 4.22. The van der Waals surface area contributed by atoms with Gasteiger partial charge in [0.1, 0.15) is 6.04 Å². The van der Waals surface area contributed by atoms with E-state index in [-0.39, 0.29) is 12.3 Å². The molecule has 80 valence electrons. The van der Waals surface area contributed by atoms with Crippen LogP contribution in [0.15, 0.2) is 12.4 Å². The van der Waals surface area contributed by atoms with Gasteiger partial charge in [0.15, 0.2) is 5.83 Å². The summed E-state index contributed by atoms with van der Waals surface area (Å²) in [6.45, 7) is 6.40. The Balaban J connectivity index is 4.31. The van der Waals surface area contributed by atoms with Gasteiger partial charge < -0.3 is 10.4 Å². The molecule has 0 aromatic heterocycles. The highest BCUT2D eigenvalue weighted by atomic mass is 19.1. The molecule has 0 heterocycles. The van der Waals surface area contributed by atoms with Gasteiger partial charge in [0.05, 0.1) is 0 Å². The molecule has 1 amide bonds. The number of nitrogens with one attached hydrogen (secondary N) is 1. The number of amides is 1. The molecule has 0 aliphatic heterocycles. The number of hydrogen-bond donors (Lipinski definition) is 2. The first-order chi connectivity index (χ1) is 6.34. The summed E-state index contributed by atoms with van der Waals surface area (Å²) < 4.78 is 12.3. The average Bonchev–Trinajstić information content (AvgIpc) is 2.01. The number of carbonyl (C=O) groups excluding carboxylic acids is 1. The zero-order valence-electron chi connectivity index (χ0n) is 8.21. The number of halogens is 1. The second kappa shape index (κ2) is 5.36. The number of carboxylic acids is 1. The number of rotatable bonds is 5. The van der Waals surface area contributed by atoms with Crippen LogP contribution in [0.5, 0.6) is 0 Å². The minimum atomic E-state index is -1.18. The van der Waals surface area contributed by atoms with Gasteiger partial charge in [0, 0.05) is 0 Å². The lowest BCUT2D eigenvalue weighted by Crippen LogP contribution is -2.41. The third-order valence-corrected chi connectivity index (χ3v) is 1.56. The van der Waals surface area contributed by atoms with Crippen molar-refractivity contribution in [2.75, 3.05) is 0 Å².